The maximum Gasteiger partial charge on any atom is 0.272 e. The van der Waals surface area contributed by atoms with E-state index in [0.29, 0.717) is 18.2 Å². The van der Waals surface area contributed by atoms with E-state index in [1.165, 1.54) is 18.9 Å². The highest BCUT2D eigenvalue weighted by Gasteiger charge is 2.28. The van der Waals surface area contributed by atoms with Crippen LogP contribution in [0.3, 0.4) is 0 Å². The minimum absolute atomic E-state index is 0.232. The third kappa shape index (κ3) is 4.31. The number of hydrogen-bond donors (Lipinski definition) is 2. The molecule has 0 aliphatic carbocycles. The Balaban J connectivity index is 1.40. The van der Waals surface area contributed by atoms with Crippen molar-refractivity contribution in [3.63, 3.8) is 0 Å². The van der Waals surface area contributed by atoms with E-state index in [-0.39, 0.29) is 29.8 Å². The molecule has 0 unspecified atom stereocenters. The first-order valence-corrected chi connectivity index (χ1v) is 10.3. The van der Waals surface area contributed by atoms with E-state index in [2.05, 4.69) is 20.5 Å². The van der Waals surface area contributed by atoms with Gasteiger partial charge in [-0.1, -0.05) is 6.07 Å². The fraction of sp³-hybridized carbons (Fsp3) is 0.571. The third-order valence-corrected chi connectivity index (χ3v) is 6.15. The summed E-state index contributed by atoms with van der Waals surface area (Å²) in [6, 6.07) is 5.66. The van der Waals surface area contributed by atoms with Crippen LogP contribution in [-0.2, 0) is 9.59 Å². The van der Waals surface area contributed by atoms with Gasteiger partial charge in [-0.15, -0.1) is 0 Å². The van der Waals surface area contributed by atoms with Gasteiger partial charge >= 0.3 is 0 Å². The fourth-order valence-electron chi connectivity index (χ4n) is 4.53. The van der Waals surface area contributed by atoms with Crippen molar-refractivity contribution in [3.8, 4) is 0 Å². The first kappa shape index (κ1) is 19.2. The van der Waals surface area contributed by atoms with E-state index in [1.807, 2.05) is 6.07 Å². The van der Waals surface area contributed by atoms with Crippen LogP contribution in [0.1, 0.15) is 50.0 Å². The molecule has 1 aromatic carbocycles. The number of piperidine rings is 3. The maximum atomic E-state index is 14.8. The predicted octanol–water partition coefficient (Wildman–Crippen LogP) is 2.27. The van der Waals surface area contributed by atoms with E-state index in [0.717, 1.165) is 44.6 Å². The molecule has 150 valence electrons. The summed E-state index contributed by atoms with van der Waals surface area (Å²) in [7, 11) is 0. The van der Waals surface area contributed by atoms with Gasteiger partial charge < -0.3 is 10.2 Å². The fourth-order valence-corrected chi connectivity index (χ4v) is 4.53. The SMILES string of the molecule is O=C1CCC(=Nc2ccc(C3CCN(C4CCNCC4)CC3)c(F)c2)C(=O)N1. The molecule has 0 atom stereocenters. The minimum atomic E-state index is -0.481. The Morgan fingerprint density at radius 2 is 1.79 bits per heavy atom. The van der Waals surface area contributed by atoms with Gasteiger partial charge in [0.05, 0.1) is 5.69 Å². The summed E-state index contributed by atoms with van der Waals surface area (Å²) < 4.78 is 14.8. The average molecular weight is 386 g/mol. The molecule has 2 N–H and O–H groups in total. The standard InChI is InChI=1S/C21H27FN4O2/c22-18-13-15(24-19-3-4-20(27)25-21(19)28)1-2-17(18)14-7-11-26(12-8-14)16-5-9-23-10-6-16/h1-2,13-14,16,23H,3-12H2,(H,25,27,28). The Kier molecular flexibility index (Phi) is 5.82. The highest BCUT2D eigenvalue weighted by atomic mass is 19.1. The number of nitrogens with one attached hydrogen (secondary N) is 2. The zero-order valence-corrected chi connectivity index (χ0v) is 16.0. The van der Waals surface area contributed by atoms with Gasteiger partial charge in [-0.2, -0.15) is 0 Å². The summed E-state index contributed by atoms with van der Waals surface area (Å²) in [4.78, 5) is 29.8. The summed E-state index contributed by atoms with van der Waals surface area (Å²) in [5, 5.41) is 5.65. The Hall–Kier alpha value is -2.12. The van der Waals surface area contributed by atoms with Crippen molar-refractivity contribution in [2.24, 2.45) is 4.99 Å². The number of likely N-dealkylation sites (tertiary alicyclic amines) is 1. The molecule has 3 fully saturated rings. The highest BCUT2D eigenvalue weighted by molar-refractivity contribution is 6.43. The van der Waals surface area contributed by atoms with Crippen LogP contribution in [0.4, 0.5) is 10.1 Å². The Labute approximate surface area is 164 Å². The van der Waals surface area contributed by atoms with E-state index >= 15 is 0 Å². The predicted molar refractivity (Wildman–Crippen MR) is 105 cm³/mol. The second-order valence-electron chi connectivity index (χ2n) is 7.93. The molecule has 4 rings (SSSR count). The third-order valence-electron chi connectivity index (χ3n) is 6.15. The van der Waals surface area contributed by atoms with Gasteiger partial charge in [-0.3, -0.25) is 14.9 Å². The number of rotatable bonds is 3. The molecule has 28 heavy (non-hydrogen) atoms. The van der Waals surface area contributed by atoms with Crippen molar-refractivity contribution in [2.75, 3.05) is 26.2 Å². The molecule has 7 heteroatoms. The molecule has 1 aromatic rings. The Morgan fingerprint density at radius 1 is 1.04 bits per heavy atom. The molecular weight excluding hydrogens is 359 g/mol. The number of hydrogen-bond acceptors (Lipinski definition) is 5. The summed E-state index contributed by atoms with van der Waals surface area (Å²) in [6.07, 6.45) is 4.88. The Morgan fingerprint density at radius 3 is 2.46 bits per heavy atom. The average Bonchev–Trinajstić information content (AvgIpc) is 2.71. The molecule has 0 aromatic heterocycles. The number of nitrogens with zero attached hydrogens (tertiary/aromatic N) is 2. The number of carbonyl (C=O) groups excluding carboxylic acids is 2. The maximum absolute atomic E-state index is 14.8. The minimum Gasteiger partial charge on any atom is -0.317 e. The van der Waals surface area contributed by atoms with Gasteiger partial charge in [0.25, 0.3) is 5.91 Å². The summed E-state index contributed by atoms with van der Waals surface area (Å²) in [6.45, 7) is 4.23. The zero-order chi connectivity index (χ0) is 19.5. The van der Waals surface area contributed by atoms with E-state index < -0.39 is 5.91 Å². The summed E-state index contributed by atoms with van der Waals surface area (Å²) in [5.41, 5.74) is 1.45. The first-order chi connectivity index (χ1) is 13.6. The molecule has 0 saturated carbocycles. The zero-order valence-electron chi connectivity index (χ0n) is 16.0. The van der Waals surface area contributed by atoms with Crippen LogP contribution in [-0.4, -0.2) is 54.6 Å². The second kappa shape index (κ2) is 8.49. The van der Waals surface area contributed by atoms with E-state index in [9.17, 15) is 14.0 Å². The van der Waals surface area contributed by atoms with Gasteiger partial charge in [0.2, 0.25) is 5.91 Å². The topological polar surface area (TPSA) is 73.8 Å². The van der Waals surface area contributed by atoms with Crippen LogP contribution in [0.25, 0.3) is 0 Å². The van der Waals surface area contributed by atoms with Crippen molar-refractivity contribution in [2.45, 2.75) is 50.5 Å². The van der Waals surface area contributed by atoms with Crippen molar-refractivity contribution in [1.82, 2.24) is 15.5 Å². The molecule has 3 heterocycles. The molecular formula is C21H27FN4O2. The molecule has 0 bridgehead atoms. The van der Waals surface area contributed by atoms with E-state index in [4.69, 9.17) is 0 Å². The number of imide groups is 1. The number of carbonyl (C=O) groups is 2. The normalized spacial score (nSPS) is 24.5. The van der Waals surface area contributed by atoms with Crippen molar-refractivity contribution < 1.29 is 14.0 Å². The van der Waals surface area contributed by atoms with Gasteiger partial charge in [0.1, 0.15) is 11.5 Å². The quantitative estimate of drug-likeness (QED) is 0.782. The van der Waals surface area contributed by atoms with Crippen molar-refractivity contribution in [1.29, 1.82) is 0 Å². The van der Waals surface area contributed by atoms with Crippen LogP contribution in [0.15, 0.2) is 23.2 Å². The van der Waals surface area contributed by atoms with Crippen LogP contribution in [0.2, 0.25) is 0 Å². The first-order valence-electron chi connectivity index (χ1n) is 10.3. The lowest BCUT2D eigenvalue weighted by Crippen LogP contribution is -2.46. The number of benzene rings is 1. The lowest BCUT2D eigenvalue weighted by molar-refractivity contribution is -0.128. The lowest BCUT2D eigenvalue weighted by Gasteiger charge is -2.39. The lowest BCUT2D eigenvalue weighted by atomic mass is 9.87. The van der Waals surface area contributed by atoms with Gasteiger partial charge in [-0.05, 0) is 75.5 Å². The number of amides is 2. The molecule has 6 nitrogen and oxygen atoms in total. The number of aliphatic imine (C=N–C) groups is 1. The highest BCUT2D eigenvalue weighted by Crippen LogP contribution is 2.33. The number of halogens is 1. The largest absolute Gasteiger partial charge is 0.317 e. The van der Waals surface area contributed by atoms with Crippen LogP contribution in [0.5, 0.6) is 0 Å². The van der Waals surface area contributed by atoms with Crippen molar-refractivity contribution >= 4 is 23.2 Å². The Bertz CT molecular complexity index is 781. The molecule has 3 aliphatic heterocycles. The monoisotopic (exact) mass is 386 g/mol. The molecule has 3 aliphatic rings. The van der Waals surface area contributed by atoms with Crippen LogP contribution in [0, 0.1) is 5.82 Å². The molecule has 2 amide bonds. The smallest absolute Gasteiger partial charge is 0.272 e. The van der Waals surface area contributed by atoms with Gasteiger partial charge in [0.15, 0.2) is 0 Å². The molecule has 3 saturated heterocycles. The van der Waals surface area contributed by atoms with Crippen LogP contribution < -0.4 is 10.6 Å². The van der Waals surface area contributed by atoms with Gasteiger partial charge in [-0.25, -0.2) is 9.38 Å². The second-order valence-corrected chi connectivity index (χ2v) is 7.93. The van der Waals surface area contributed by atoms with Crippen molar-refractivity contribution in [3.05, 3.63) is 29.6 Å². The van der Waals surface area contributed by atoms with Gasteiger partial charge in [0, 0.05) is 18.9 Å². The summed E-state index contributed by atoms with van der Waals surface area (Å²) >= 11 is 0. The van der Waals surface area contributed by atoms with Crippen LogP contribution >= 0.6 is 0 Å². The summed E-state index contributed by atoms with van der Waals surface area (Å²) in [5.74, 6) is -0.794. The molecule has 0 radical (unpaired) electrons. The molecule has 0 spiro atoms. The van der Waals surface area contributed by atoms with E-state index in [1.54, 1.807) is 6.07 Å².